The Morgan fingerprint density at radius 3 is 2.65 bits per heavy atom. The summed E-state index contributed by atoms with van der Waals surface area (Å²) in [7, 11) is 0. The van der Waals surface area contributed by atoms with Gasteiger partial charge in [0.1, 0.15) is 24.3 Å². The van der Waals surface area contributed by atoms with E-state index in [-0.39, 0.29) is 0 Å². The Morgan fingerprint density at radius 1 is 1.05 bits per heavy atom. The first-order valence-electron chi connectivity index (χ1n) is 7.35. The molecule has 0 bridgehead atoms. The summed E-state index contributed by atoms with van der Waals surface area (Å²) in [6.07, 6.45) is 3.48. The molecule has 0 unspecified atom stereocenters. The number of hydrogen-bond acceptors (Lipinski definition) is 1. The Morgan fingerprint density at radius 2 is 1.80 bits per heavy atom. The van der Waals surface area contributed by atoms with Gasteiger partial charge < -0.3 is 0 Å². The molecule has 2 atom stereocenters. The molecule has 2 aromatic carbocycles. The van der Waals surface area contributed by atoms with E-state index in [1.165, 1.54) is 23.2 Å². The Labute approximate surface area is 120 Å². The zero-order valence-corrected chi connectivity index (χ0v) is 11.7. The van der Waals surface area contributed by atoms with Crippen LogP contribution in [0.3, 0.4) is 0 Å². The van der Waals surface area contributed by atoms with Crippen LogP contribution >= 0.6 is 0 Å². The molecule has 0 aromatic heterocycles. The quantitative estimate of drug-likeness (QED) is 0.754. The Bertz CT molecular complexity index is 660. The van der Waals surface area contributed by atoms with Gasteiger partial charge in [0.15, 0.2) is 0 Å². The van der Waals surface area contributed by atoms with Crippen LogP contribution in [0.25, 0.3) is 0 Å². The fourth-order valence-corrected chi connectivity index (χ4v) is 3.42. The Kier molecular flexibility index (Phi) is 2.62. The summed E-state index contributed by atoms with van der Waals surface area (Å²) in [5, 5.41) is 0. The SMILES string of the molecule is C[C@@H](c1ccccc1)[N+]1=CN2c3ccccc3C[C@H]2C1. The Balaban J connectivity index is 1.65. The Hall–Kier alpha value is -2.09. The molecule has 0 N–H and O–H groups in total. The maximum absolute atomic E-state index is 2.47. The predicted octanol–water partition coefficient (Wildman–Crippen LogP) is 3.23. The molecule has 0 radical (unpaired) electrons. The van der Waals surface area contributed by atoms with Crippen LogP contribution in [0.2, 0.25) is 0 Å². The van der Waals surface area contributed by atoms with Crippen molar-refractivity contribution in [1.82, 2.24) is 0 Å². The van der Waals surface area contributed by atoms with E-state index in [1.54, 1.807) is 0 Å². The van der Waals surface area contributed by atoms with E-state index in [2.05, 4.69) is 77.3 Å². The summed E-state index contributed by atoms with van der Waals surface area (Å²) < 4.78 is 2.47. The van der Waals surface area contributed by atoms with E-state index in [9.17, 15) is 0 Å². The smallest absolute Gasteiger partial charge is 0.240 e. The molecule has 2 aliphatic heterocycles. The fraction of sp³-hybridized carbons (Fsp3) is 0.278. The minimum Gasteiger partial charge on any atom is -0.257 e. The molecule has 2 aliphatic rings. The molecule has 0 fully saturated rings. The van der Waals surface area contributed by atoms with Crippen molar-refractivity contribution < 1.29 is 4.58 Å². The molecule has 2 heterocycles. The molecule has 20 heavy (non-hydrogen) atoms. The number of anilines is 1. The molecule has 2 aromatic rings. The largest absolute Gasteiger partial charge is 0.257 e. The second kappa shape index (κ2) is 4.48. The molecule has 0 amide bonds. The number of hydrogen-bond donors (Lipinski definition) is 0. The molecule has 2 nitrogen and oxygen atoms in total. The lowest BCUT2D eigenvalue weighted by Gasteiger charge is -2.12. The van der Waals surface area contributed by atoms with Gasteiger partial charge in [-0.1, -0.05) is 48.5 Å². The fourth-order valence-electron chi connectivity index (χ4n) is 3.42. The number of para-hydroxylation sites is 1. The molecule has 0 saturated heterocycles. The summed E-state index contributed by atoms with van der Waals surface area (Å²) in [4.78, 5) is 2.45. The standard InChI is InChI=1S/C18H19N2/c1-14(15-7-3-2-4-8-15)19-12-17-11-16-9-5-6-10-18(16)20(17)13-19/h2-10,13-14,17H,11-12H2,1H3/q+1/t14-,17-/m0/s1. The molecule has 0 spiro atoms. The maximum atomic E-state index is 2.47. The summed E-state index contributed by atoms with van der Waals surface area (Å²) in [5.41, 5.74) is 4.26. The molecular formula is C18H19N2+. The van der Waals surface area contributed by atoms with E-state index in [1.807, 2.05) is 0 Å². The maximum Gasteiger partial charge on any atom is 0.240 e. The van der Waals surface area contributed by atoms with Crippen LogP contribution in [0.5, 0.6) is 0 Å². The molecule has 0 aliphatic carbocycles. The van der Waals surface area contributed by atoms with Crippen molar-refractivity contribution >= 4 is 12.0 Å². The molecule has 100 valence electrons. The first-order valence-corrected chi connectivity index (χ1v) is 7.35. The van der Waals surface area contributed by atoms with Crippen LogP contribution in [-0.4, -0.2) is 23.5 Å². The summed E-state index contributed by atoms with van der Waals surface area (Å²) in [6, 6.07) is 20.6. The van der Waals surface area contributed by atoms with Gasteiger partial charge in [-0.15, -0.1) is 0 Å². The zero-order chi connectivity index (χ0) is 13.5. The lowest BCUT2D eigenvalue weighted by molar-refractivity contribution is -0.558. The van der Waals surface area contributed by atoms with Crippen molar-refractivity contribution in [2.75, 3.05) is 11.4 Å². The monoisotopic (exact) mass is 263 g/mol. The van der Waals surface area contributed by atoms with Crippen LogP contribution in [0.1, 0.15) is 24.1 Å². The normalized spacial score (nSPS) is 21.4. The van der Waals surface area contributed by atoms with Crippen molar-refractivity contribution in [3.8, 4) is 0 Å². The zero-order valence-electron chi connectivity index (χ0n) is 11.7. The highest BCUT2D eigenvalue weighted by Crippen LogP contribution is 2.34. The molecule has 2 heteroatoms. The lowest BCUT2D eigenvalue weighted by atomic mass is 10.1. The van der Waals surface area contributed by atoms with Gasteiger partial charge in [0.25, 0.3) is 0 Å². The van der Waals surface area contributed by atoms with Gasteiger partial charge in [0.05, 0.1) is 0 Å². The molecule has 0 saturated carbocycles. The van der Waals surface area contributed by atoms with E-state index in [0.29, 0.717) is 12.1 Å². The molecule has 4 rings (SSSR count). The number of benzene rings is 2. The van der Waals surface area contributed by atoms with Gasteiger partial charge in [-0.2, -0.15) is 0 Å². The van der Waals surface area contributed by atoms with E-state index in [0.717, 1.165) is 6.54 Å². The highest BCUT2D eigenvalue weighted by atomic mass is 15.3. The second-order valence-corrected chi connectivity index (χ2v) is 5.79. The lowest BCUT2D eigenvalue weighted by Crippen LogP contribution is -2.27. The van der Waals surface area contributed by atoms with Gasteiger partial charge in [-0.05, 0) is 18.6 Å². The number of fused-ring (bicyclic) bond motifs is 3. The average Bonchev–Trinajstić information content (AvgIpc) is 3.05. The summed E-state index contributed by atoms with van der Waals surface area (Å²) in [5.74, 6) is 0. The second-order valence-electron chi connectivity index (χ2n) is 5.79. The minimum atomic E-state index is 0.439. The van der Waals surface area contributed by atoms with Gasteiger partial charge in [0.2, 0.25) is 6.34 Å². The van der Waals surface area contributed by atoms with Crippen LogP contribution < -0.4 is 4.90 Å². The topological polar surface area (TPSA) is 6.25 Å². The van der Waals surface area contributed by atoms with Crippen molar-refractivity contribution in [2.24, 2.45) is 0 Å². The van der Waals surface area contributed by atoms with Crippen LogP contribution in [0.4, 0.5) is 5.69 Å². The van der Waals surface area contributed by atoms with Crippen LogP contribution in [-0.2, 0) is 6.42 Å². The van der Waals surface area contributed by atoms with Crippen LogP contribution in [0.15, 0.2) is 54.6 Å². The van der Waals surface area contributed by atoms with E-state index in [4.69, 9.17) is 0 Å². The third-order valence-corrected chi connectivity index (χ3v) is 4.59. The summed E-state index contributed by atoms with van der Waals surface area (Å²) >= 11 is 0. The first-order chi connectivity index (χ1) is 9.83. The third-order valence-electron chi connectivity index (χ3n) is 4.59. The highest BCUT2D eigenvalue weighted by Gasteiger charge is 2.41. The van der Waals surface area contributed by atoms with Gasteiger partial charge >= 0.3 is 0 Å². The first kappa shape index (κ1) is 11.7. The highest BCUT2D eigenvalue weighted by molar-refractivity contribution is 5.82. The van der Waals surface area contributed by atoms with Gasteiger partial charge in [0, 0.05) is 12.0 Å². The van der Waals surface area contributed by atoms with Gasteiger partial charge in [-0.25, -0.2) is 4.90 Å². The van der Waals surface area contributed by atoms with Crippen molar-refractivity contribution in [2.45, 2.75) is 25.4 Å². The van der Waals surface area contributed by atoms with Gasteiger partial charge in [-0.3, -0.25) is 4.58 Å². The average molecular weight is 263 g/mol. The number of nitrogens with zero attached hydrogens (tertiary/aromatic N) is 2. The minimum absolute atomic E-state index is 0.439. The predicted molar refractivity (Wildman–Crippen MR) is 82.5 cm³/mol. The number of rotatable bonds is 2. The van der Waals surface area contributed by atoms with E-state index >= 15 is 0 Å². The summed E-state index contributed by atoms with van der Waals surface area (Å²) in [6.45, 7) is 3.41. The van der Waals surface area contributed by atoms with Crippen molar-refractivity contribution in [3.05, 3.63) is 65.7 Å². The van der Waals surface area contributed by atoms with Crippen LogP contribution in [0, 0.1) is 0 Å². The van der Waals surface area contributed by atoms with Crippen molar-refractivity contribution in [1.29, 1.82) is 0 Å². The van der Waals surface area contributed by atoms with E-state index < -0.39 is 0 Å². The molecular weight excluding hydrogens is 244 g/mol. The third kappa shape index (κ3) is 1.75. The van der Waals surface area contributed by atoms with Crippen molar-refractivity contribution in [3.63, 3.8) is 0 Å².